The van der Waals surface area contributed by atoms with Gasteiger partial charge >= 0.3 is 0 Å². The molecule has 100 valence electrons. The van der Waals surface area contributed by atoms with Crippen molar-refractivity contribution in [2.75, 3.05) is 0 Å². The van der Waals surface area contributed by atoms with Gasteiger partial charge in [0.25, 0.3) is 0 Å². The molecule has 3 nitrogen and oxygen atoms in total. The van der Waals surface area contributed by atoms with Crippen LogP contribution in [0.25, 0.3) is 0 Å². The fourth-order valence-electron chi connectivity index (χ4n) is 1.77. The standard InChI is InChI=1S/C14H15ClN2OS/c1-9(12-5-6-13(15)19-12)17-8-10-3-2-4-11(7-10)14(16)18/h2-7,9,17H,8H2,1H3,(H2,16,18). The van der Waals surface area contributed by atoms with Gasteiger partial charge in [0.2, 0.25) is 5.91 Å². The molecule has 0 bridgehead atoms. The van der Waals surface area contributed by atoms with Crippen LogP contribution in [0.4, 0.5) is 0 Å². The molecule has 0 aliphatic heterocycles. The first kappa shape index (κ1) is 14.1. The molecule has 0 aliphatic carbocycles. The van der Waals surface area contributed by atoms with Gasteiger partial charge in [0.1, 0.15) is 0 Å². The first-order valence-electron chi connectivity index (χ1n) is 5.93. The van der Waals surface area contributed by atoms with E-state index in [0.717, 1.165) is 9.90 Å². The average Bonchev–Trinajstić information content (AvgIpc) is 2.83. The van der Waals surface area contributed by atoms with Gasteiger partial charge in [-0.15, -0.1) is 11.3 Å². The van der Waals surface area contributed by atoms with Crippen LogP contribution in [-0.4, -0.2) is 5.91 Å². The van der Waals surface area contributed by atoms with Crippen molar-refractivity contribution in [2.24, 2.45) is 5.73 Å². The van der Waals surface area contributed by atoms with E-state index in [1.54, 1.807) is 17.4 Å². The molecule has 1 heterocycles. The van der Waals surface area contributed by atoms with E-state index in [-0.39, 0.29) is 6.04 Å². The number of rotatable bonds is 5. The lowest BCUT2D eigenvalue weighted by Crippen LogP contribution is -2.18. The van der Waals surface area contributed by atoms with Crippen molar-refractivity contribution in [3.05, 3.63) is 56.7 Å². The molecule has 1 aromatic heterocycles. The summed E-state index contributed by atoms with van der Waals surface area (Å²) in [6.07, 6.45) is 0. The highest BCUT2D eigenvalue weighted by atomic mass is 35.5. The van der Waals surface area contributed by atoms with Crippen molar-refractivity contribution in [3.8, 4) is 0 Å². The number of hydrogen-bond donors (Lipinski definition) is 2. The second kappa shape index (κ2) is 6.19. The zero-order valence-electron chi connectivity index (χ0n) is 10.5. The monoisotopic (exact) mass is 294 g/mol. The Morgan fingerprint density at radius 1 is 1.42 bits per heavy atom. The third kappa shape index (κ3) is 3.80. The third-order valence-electron chi connectivity index (χ3n) is 2.84. The first-order chi connectivity index (χ1) is 9.06. The van der Waals surface area contributed by atoms with Crippen LogP contribution in [0.3, 0.4) is 0 Å². The molecule has 0 radical (unpaired) electrons. The zero-order valence-corrected chi connectivity index (χ0v) is 12.1. The second-order valence-electron chi connectivity index (χ2n) is 4.31. The number of primary amides is 1. The Kier molecular flexibility index (Phi) is 4.58. The fourth-order valence-corrected chi connectivity index (χ4v) is 2.85. The lowest BCUT2D eigenvalue weighted by molar-refractivity contribution is 0.1000. The summed E-state index contributed by atoms with van der Waals surface area (Å²) in [6.45, 7) is 2.76. The topological polar surface area (TPSA) is 55.1 Å². The van der Waals surface area contributed by atoms with Crippen LogP contribution < -0.4 is 11.1 Å². The molecule has 0 aliphatic rings. The maximum absolute atomic E-state index is 11.1. The third-order valence-corrected chi connectivity index (χ3v) is 4.26. The SMILES string of the molecule is CC(NCc1cccc(C(N)=O)c1)c1ccc(Cl)s1. The van der Waals surface area contributed by atoms with Crippen molar-refractivity contribution >= 4 is 28.8 Å². The Bertz CT molecular complexity index is 582. The first-order valence-corrected chi connectivity index (χ1v) is 7.13. The second-order valence-corrected chi connectivity index (χ2v) is 6.06. The molecule has 2 rings (SSSR count). The van der Waals surface area contributed by atoms with E-state index in [2.05, 4.69) is 12.2 Å². The van der Waals surface area contributed by atoms with Crippen molar-refractivity contribution in [1.29, 1.82) is 0 Å². The molecule has 0 saturated heterocycles. The summed E-state index contributed by atoms with van der Waals surface area (Å²) < 4.78 is 0.791. The van der Waals surface area contributed by atoms with Crippen molar-refractivity contribution in [2.45, 2.75) is 19.5 Å². The van der Waals surface area contributed by atoms with Gasteiger partial charge in [-0.3, -0.25) is 4.79 Å². The van der Waals surface area contributed by atoms with E-state index in [0.29, 0.717) is 12.1 Å². The van der Waals surface area contributed by atoms with Crippen LogP contribution in [0.2, 0.25) is 4.34 Å². The predicted octanol–water partition coefficient (Wildman–Crippen LogP) is 3.35. The fraction of sp³-hybridized carbons (Fsp3) is 0.214. The van der Waals surface area contributed by atoms with Crippen LogP contribution in [0, 0.1) is 0 Å². The van der Waals surface area contributed by atoms with Gasteiger partial charge in [0.05, 0.1) is 4.34 Å². The zero-order chi connectivity index (χ0) is 13.8. The number of carbonyl (C=O) groups excluding carboxylic acids is 1. The highest BCUT2D eigenvalue weighted by Gasteiger charge is 2.08. The van der Waals surface area contributed by atoms with Crippen LogP contribution in [-0.2, 0) is 6.54 Å². The number of carbonyl (C=O) groups is 1. The summed E-state index contributed by atoms with van der Waals surface area (Å²) in [4.78, 5) is 12.3. The molecule has 5 heteroatoms. The summed E-state index contributed by atoms with van der Waals surface area (Å²) in [5.41, 5.74) is 6.83. The number of nitrogens with two attached hydrogens (primary N) is 1. The lowest BCUT2D eigenvalue weighted by atomic mass is 10.1. The molecular weight excluding hydrogens is 280 g/mol. The Balaban J connectivity index is 1.98. The smallest absolute Gasteiger partial charge is 0.248 e. The molecule has 0 spiro atoms. The molecule has 2 aromatic rings. The summed E-state index contributed by atoms with van der Waals surface area (Å²) in [5.74, 6) is -0.403. The Labute approximate surface area is 121 Å². The molecular formula is C14H15ClN2OS. The highest BCUT2D eigenvalue weighted by molar-refractivity contribution is 7.16. The summed E-state index contributed by atoms with van der Waals surface area (Å²) in [5, 5.41) is 3.39. The van der Waals surface area contributed by atoms with Crippen LogP contribution in [0.5, 0.6) is 0 Å². The van der Waals surface area contributed by atoms with E-state index in [1.807, 2.05) is 30.3 Å². The molecule has 1 unspecified atom stereocenters. The summed E-state index contributed by atoms with van der Waals surface area (Å²) in [6, 6.07) is 11.5. The van der Waals surface area contributed by atoms with Crippen LogP contribution in [0.15, 0.2) is 36.4 Å². The van der Waals surface area contributed by atoms with Gasteiger partial charge in [-0.25, -0.2) is 0 Å². The molecule has 19 heavy (non-hydrogen) atoms. The van der Waals surface area contributed by atoms with Gasteiger partial charge in [0.15, 0.2) is 0 Å². The van der Waals surface area contributed by atoms with Gasteiger partial charge < -0.3 is 11.1 Å². The Hall–Kier alpha value is -1.36. The average molecular weight is 295 g/mol. The predicted molar refractivity (Wildman–Crippen MR) is 79.5 cm³/mol. The minimum absolute atomic E-state index is 0.217. The van der Waals surface area contributed by atoms with E-state index < -0.39 is 5.91 Å². The van der Waals surface area contributed by atoms with E-state index in [9.17, 15) is 4.79 Å². The number of hydrogen-bond acceptors (Lipinski definition) is 3. The largest absolute Gasteiger partial charge is 0.366 e. The number of nitrogens with one attached hydrogen (secondary N) is 1. The van der Waals surface area contributed by atoms with E-state index in [1.165, 1.54) is 4.88 Å². The molecule has 1 atom stereocenters. The molecule has 1 amide bonds. The number of thiophene rings is 1. The van der Waals surface area contributed by atoms with Gasteiger partial charge in [-0.1, -0.05) is 23.7 Å². The Morgan fingerprint density at radius 3 is 2.84 bits per heavy atom. The maximum atomic E-state index is 11.1. The Morgan fingerprint density at radius 2 is 2.21 bits per heavy atom. The van der Waals surface area contributed by atoms with E-state index in [4.69, 9.17) is 17.3 Å². The summed E-state index contributed by atoms with van der Waals surface area (Å²) >= 11 is 7.48. The van der Waals surface area contributed by atoms with Gasteiger partial charge in [-0.2, -0.15) is 0 Å². The van der Waals surface area contributed by atoms with Crippen molar-refractivity contribution < 1.29 is 4.79 Å². The molecule has 0 saturated carbocycles. The lowest BCUT2D eigenvalue weighted by Gasteiger charge is -2.12. The summed E-state index contributed by atoms with van der Waals surface area (Å²) in [7, 11) is 0. The molecule has 1 aromatic carbocycles. The van der Waals surface area contributed by atoms with Crippen LogP contribution >= 0.6 is 22.9 Å². The molecule has 0 fully saturated rings. The van der Waals surface area contributed by atoms with Gasteiger partial charge in [-0.05, 0) is 36.8 Å². The minimum atomic E-state index is -0.403. The van der Waals surface area contributed by atoms with Crippen molar-refractivity contribution in [3.63, 3.8) is 0 Å². The van der Waals surface area contributed by atoms with E-state index >= 15 is 0 Å². The number of amides is 1. The quantitative estimate of drug-likeness (QED) is 0.888. The highest BCUT2D eigenvalue weighted by Crippen LogP contribution is 2.26. The number of benzene rings is 1. The number of halogens is 1. The normalized spacial score (nSPS) is 12.3. The maximum Gasteiger partial charge on any atom is 0.248 e. The van der Waals surface area contributed by atoms with Gasteiger partial charge in [0, 0.05) is 23.0 Å². The van der Waals surface area contributed by atoms with Crippen molar-refractivity contribution in [1.82, 2.24) is 5.32 Å². The minimum Gasteiger partial charge on any atom is -0.366 e. The molecule has 3 N–H and O–H groups in total. The van der Waals surface area contributed by atoms with Crippen LogP contribution in [0.1, 0.15) is 33.8 Å².